The molecule has 2 N–H and O–H groups in total. The molecule has 0 spiro atoms. The number of anilines is 1. The van der Waals surface area contributed by atoms with E-state index in [9.17, 15) is 19.5 Å². The average molecular weight is 623 g/mol. The molecule has 6 rings (SSSR count). The van der Waals surface area contributed by atoms with Gasteiger partial charge in [0.05, 0.1) is 36.5 Å². The van der Waals surface area contributed by atoms with E-state index in [1.165, 1.54) is 11.8 Å². The molecular formula is C36H34N2O6S. The molecule has 4 unspecified atom stereocenters. The number of carbonyl (C=O) groups is 3. The summed E-state index contributed by atoms with van der Waals surface area (Å²) < 4.78 is 13.1. The van der Waals surface area contributed by atoms with Gasteiger partial charge in [-0.2, -0.15) is 0 Å². The number of carbonyl (C=O) groups excluding carboxylic acids is 3. The molecule has 1 fully saturated rings. The lowest BCUT2D eigenvalue weighted by molar-refractivity contribution is -0.268. The number of amides is 3. The molecule has 2 aliphatic rings. The van der Waals surface area contributed by atoms with Crippen molar-refractivity contribution in [1.29, 1.82) is 0 Å². The van der Waals surface area contributed by atoms with Crippen LogP contribution in [0.25, 0.3) is 0 Å². The van der Waals surface area contributed by atoms with Gasteiger partial charge in [0.2, 0.25) is 5.91 Å². The molecule has 2 aliphatic heterocycles. The number of imide groups is 1. The standard InChI is InChI=1S/C36H34N2O6S/c1-22-32(21-45-29-17-15-28(16-18-29)37-23(2)40)43-36(44-33(22)26-11-9-25(20-39)10-12-26)27-13-7-24(8-14-27)19-38-34(41)30-5-3-4-6-31(30)35(38)42/h3-18,22,32-33,36,39H,19-21H2,1-2H3,(H,37,40). The highest BCUT2D eigenvalue weighted by Gasteiger charge is 2.39. The van der Waals surface area contributed by atoms with Crippen LogP contribution in [-0.4, -0.2) is 39.6 Å². The van der Waals surface area contributed by atoms with Crippen LogP contribution in [0.3, 0.4) is 0 Å². The smallest absolute Gasteiger partial charge is 0.261 e. The van der Waals surface area contributed by atoms with Gasteiger partial charge < -0.3 is 19.9 Å². The molecule has 4 aromatic carbocycles. The molecule has 9 heteroatoms. The number of rotatable bonds is 9. The lowest BCUT2D eigenvalue weighted by Gasteiger charge is -2.41. The quantitative estimate of drug-likeness (QED) is 0.162. The number of ether oxygens (including phenoxy) is 2. The van der Waals surface area contributed by atoms with Gasteiger partial charge in [-0.1, -0.05) is 67.6 Å². The second-order valence-corrected chi connectivity index (χ2v) is 12.4. The highest BCUT2D eigenvalue weighted by molar-refractivity contribution is 7.99. The number of nitrogens with one attached hydrogen (secondary N) is 1. The fourth-order valence-corrected chi connectivity index (χ4v) is 6.74. The van der Waals surface area contributed by atoms with Crippen LogP contribution in [0.2, 0.25) is 0 Å². The zero-order valence-corrected chi connectivity index (χ0v) is 25.8. The molecule has 0 saturated carbocycles. The minimum atomic E-state index is -0.634. The van der Waals surface area contributed by atoms with E-state index in [2.05, 4.69) is 12.2 Å². The topological polar surface area (TPSA) is 105 Å². The molecule has 0 radical (unpaired) electrons. The summed E-state index contributed by atoms with van der Waals surface area (Å²) in [4.78, 5) is 39.4. The van der Waals surface area contributed by atoms with Crippen molar-refractivity contribution in [3.63, 3.8) is 0 Å². The number of nitrogens with zero attached hydrogens (tertiary/aromatic N) is 1. The van der Waals surface area contributed by atoms with Crippen LogP contribution < -0.4 is 5.32 Å². The maximum Gasteiger partial charge on any atom is 0.261 e. The van der Waals surface area contributed by atoms with Gasteiger partial charge in [-0.05, 0) is 53.1 Å². The van der Waals surface area contributed by atoms with Crippen LogP contribution in [0, 0.1) is 5.92 Å². The van der Waals surface area contributed by atoms with Gasteiger partial charge in [0.1, 0.15) is 0 Å². The van der Waals surface area contributed by atoms with Crippen molar-refractivity contribution in [2.45, 2.75) is 50.4 Å². The largest absolute Gasteiger partial charge is 0.392 e. The lowest BCUT2D eigenvalue weighted by Crippen LogP contribution is -2.38. The molecule has 8 nitrogen and oxygen atoms in total. The zero-order valence-electron chi connectivity index (χ0n) is 25.0. The summed E-state index contributed by atoms with van der Waals surface area (Å²) in [5, 5.41) is 12.3. The Balaban J connectivity index is 1.19. The first-order valence-corrected chi connectivity index (χ1v) is 15.8. The van der Waals surface area contributed by atoms with Crippen molar-refractivity contribution in [1.82, 2.24) is 4.90 Å². The summed E-state index contributed by atoms with van der Waals surface area (Å²) in [6.07, 6.45) is -1.03. The Bertz CT molecular complexity index is 1660. The number of hydrogen-bond acceptors (Lipinski definition) is 7. The first-order valence-electron chi connectivity index (χ1n) is 14.9. The Hall–Kier alpha value is -4.28. The van der Waals surface area contributed by atoms with Crippen LogP contribution in [0.1, 0.15) is 69.2 Å². The lowest BCUT2D eigenvalue weighted by atomic mass is 9.91. The Kier molecular flexibility index (Phi) is 9.14. The van der Waals surface area contributed by atoms with Crippen LogP contribution in [0.15, 0.2) is 102 Å². The Morgan fingerprint density at radius 3 is 2.02 bits per heavy atom. The molecule has 2 heterocycles. The van der Waals surface area contributed by atoms with Gasteiger partial charge in [0, 0.05) is 34.7 Å². The fourth-order valence-electron chi connectivity index (χ4n) is 5.67. The van der Waals surface area contributed by atoms with Crippen molar-refractivity contribution in [3.05, 3.63) is 130 Å². The molecule has 4 aromatic rings. The maximum atomic E-state index is 12.9. The van der Waals surface area contributed by atoms with E-state index in [4.69, 9.17) is 9.47 Å². The molecule has 4 atom stereocenters. The van der Waals surface area contributed by atoms with Crippen molar-refractivity contribution in [2.24, 2.45) is 5.92 Å². The fraction of sp³-hybridized carbons (Fsp3) is 0.250. The Labute approximate surface area is 266 Å². The summed E-state index contributed by atoms with van der Waals surface area (Å²) in [6.45, 7) is 3.76. The van der Waals surface area contributed by atoms with Gasteiger partial charge in [-0.15, -0.1) is 11.8 Å². The minimum Gasteiger partial charge on any atom is -0.392 e. The van der Waals surface area contributed by atoms with E-state index in [0.717, 1.165) is 32.8 Å². The summed E-state index contributed by atoms with van der Waals surface area (Å²) in [6, 6.07) is 30.1. The highest BCUT2D eigenvalue weighted by Crippen LogP contribution is 2.43. The molecule has 0 aromatic heterocycles. The summed E-state index contributed by atoms with van der Waals surface area (Å²) in [5.74, 6) is 0.0328. The van der Waals surface area contributed by atoms with Crippen molar-refractivity contribution < 1.29 is 29.0 Å². The second kappa shape index (κ2) is 13.4. The number of hydrogen-bond donors (Lipinski definition) is 2. The van der Waals surface area contributed by atoms with E-state index in [0.29, 0.717) is 16.9 Å². The molecule has 3 amide bonds. The van der Waals surface area contributed by atoms with Crippen LogP contribution in [-0.2, 0) is 27.4 Å². The SMILES string of the molecule is CC(=O)Nc1ccc(SCC2OC(c3ccc(CN4C(=O)c5ccccc5C4=O)cc3)OC(c3ccc(CO)cc3)C2C)cc1. The molecule has 230 valence electrons. The van der Waals surface area contributed by atoms with Gasteiger partial charge in [-0.25, -0.2) is 0 Å². The van der Waals surface area contributed by atoms with Crippen molar-refractivity contribution >= 4 is 35.2 Å². The highest BCUT2D eigenvalue weighted by atomic mass is 32.2. The molecule has 0 aliphatic carbocycles. The number of aliphatic hydroxyl groups excluding tert-OH is 1. The number of benzene rings is 4. The predicted molar refractivity (Wildman–Crippen MR) is 172 cm³/mol. The number of fused-ring (bicyclic) bond motifs is 1. The molecule has 45 heavy (non-hydrogen) atoms. The van der Waals surface area contributed by atoms with Crippen molar-refractivity contribution in [3.8, 4) is 0 Å². The Morgan fingerprint density at radius 1 is 0.822 bits per heavy atom. The Morgan fingerprint density at radius 2 is 1.42 bits per heavy atom. The maximum absolute atomic E-state index is 12.9. The third kappa shape index (κ3) is 6.72. The summed E-state index contributed by atoms with van der Waals surface area (Å²) in [5.41, 5.74) is 5.11. The van der Waals surface area contributed by atoms with E-state index in [1.807, 2.05) is 72.8 Å². The van der Waals surface area contributed by atoms with Gasteiger partial charge in [-0.3, -0.25) is 19.3 Å². The molecular weight excluding hydrogens is 588 g/mol. The van der Waals surface area contributed by atoms with Gasteiger partial charge in [0.15, 0.2) is 6.29 Å². The normalized spacial score (nSPS) is 21.1. The predicted octanol–water partition coefficient (Wildman–Crippen LogP) is 6.52. The number of aliphatic hydroxyl groups is 1. The second-order valence-electron chi connectivity index (χ2n) is 11.3. The third-order valence-electron chi connectivity index (χ3n) is 8.18. The third-order valence-corrected chi connectivity index (χ3v) is 9.28. The first kappa shape index (κ1) is 30.7. The van der Waals surface area contributed by atoms with Gasteiger partial charge >= 0.3 is 0 Å². The molecule has 1 saturated heterocycles. The van der Waals surface area contributed by atoms with Crippen molar-refractivity contribution in [2.75, 3.05) is 11.1 Å². The van der Waals surface area contributed by atoms with E-state index >= 15 is 0 Å². The van der Waals surface area contributed by atoms with Crippen LogP contribution in [0.4, 0.5) is 5.69 Å². The average Bonchev–Trinajstić information content (AvgIpc) is 3.30. The van der Waals surface area contributed by atoms with E-state index < -0.39 is 6.29 Å². The van der Waals surface area contributed by atoms with Crippen LogP contribution >= 0.6 is 11.8 Å². The number of thioether (sulfide) groups is 1. The zero-order chi connectivity index (χ0) is 31.5. The van der Waals surface area contributed by atoms with Gasteiger partial charge in [0.25, 0.3) is 11.8 Å². The summed E-state index contributed by atoms with van der Waals surface area (Å²) >= 11 is 1.68. The summed E-state index contributed by atoms with van der Waals surface area (Å²) in [7, 11) is 0. The first-order chi connectivity index (χ1) is 21.8. The van der Waals surface area contributed by atoms with E-state index in [1.54, 1.807) is 36.0 Å². The molecule has 0 bridgehead atoms. The monoisotopic (exact) mass is 622 g/mol. The minimum absolute atomic E-state index is 0.0276. The van der Waals surface area contributed by atoms with Crippen LogP contribution in [0.5, 0.6) is 0 Å². The van der Waals surface area contributed by atoms with E-state index in [-0.39, 0.29) is 49.0 Å².